The predicted molar refractivity (Wildman–Crippen MR) is 83.0 cm³/mol. The number of benzene rings is 2. The molecule has 0 aromatic heterocycles. The topological polar surface area (TPSA) is 35.1 Å². The number of methoxy groups -OCH3 is 2. The van der Waals surface area contributed by atoms with E-state index in [0.29, 0.717) is 0 Å². The highest BCUT2D eigenvalue weighted by molar-refractivity contribution is 9.10. The highest BCUT2D eigenvalue weighted by atomic mass is 79.9. The first kappa shape index (κ1) is 14.9. The summed E-state index contributed by atoms with van der Waals surface area (Å²) in [5.74, 6) is 1.66. The van der Waals surface area contributed by atoms with E-state index in [1.54, 1.807) is 14.2 Å². The first-order chi connectivity index (χ1) is 9.71. The number of halogens is 1. The van der Waals surface area contributed by atoms with Gasteiger partial charge in [0.05, 0.1) is 14.2 Å². The molecule has 2 aromatic carbocycles. The Labute approximate surface area is 128 Å². The Balaban J connectivity index is 1.94. The number of hydrogen-bond donors (Lipinski definition) is 1. The van der Waals surface area contributed by atoms with E-state index in [4.69, 9.17) is 9.47 Å². The molecule has 3 nitrogen and oxygen atoms in total. The van der Waals surface area contributed by atoms with Crippen LogP contribution >= 0.6 is 15.9 Å². The second-order valence-corrected chi connectivity index (χ2v) is 5.46. The maximum absolute atomic E-state index is 5.28. The summed E-state index contributed by atoms with van der Waals surface area (Å²) in [4.78, 5) is 0. The molecular formula is C16H19BrNO2+. The molecule has 0 aliphatic rings. The van der Waals surface area contributed by atoms with Crippen molar-refractivity contribution in [2.24, 2.45) is 0 Å². The number of rotatable bonds is 6. The number of hydrogen-bond acceptors (Lipinski definition) is 2. The molecule has 0 unspecified atom stereocenters. The van der Waals surface area contributed by atoms with Crippen LogP contribution in [0.4, 0.5) is 0 Å². The fraction of sp³-hybridized carbons (Fsp3) is 0.250. The zero-order chi connectivity index (χ0) is 14.4. The molecule has 2 N–H and O–H groups in total. The fourth-order valence-corrected chi connectivity index (χ4v) is 2.27. The van der Waals surface area contributed by atoms with Gasteiger partial charge in [-0.15, -0.1) is 0 Å². The molecule has 0 radical (unpaired) electrons. The van der Waals surface area contributed by atoms with Crippen LogP contribution in [-0.2, 0) is 13.1 Å². The van der Waals surface area contributed by atoms with Crippen molar-refractivity contribution in [1.29, 1.82) is 0 Å². The monoisotopic (exact) mass is 336 g/mol. The molecular weight excluding hydrogens is 318 g/mol. The molecule has 0 bridgehead atoms. The van der Waals surface area contributed by atoms with Crippen LogP contribution in [0.15, 0.2) is 46.9 Å². The fourth-order valence-electron chi connectivity index (χ4n) is 2.01. The lowest BCUT2D eigenvalue weighted by atomic mass is 10.2. The Morgan fingerprint density at radius 1 is 0.850 bits per heavy atom. The van der Waals surface area contributed by atoms with Crippen LogP contribution in [0.2, 0.25) is 0 Å². The Morgan fingerprint density at radius 2 is 1.40 bits per heavy atom. The highest BCUT2D eigenvalue weighted by Crippen LogP contribution is 2.21. The maximum Gasteiger partial charge on any atom is 0.123 e. The first-order valence-corrected chi connectivity index (χ1v) is 7.28. The largest absolute Gasteiger partial charge is 0.497 e. The van der Waals surface area contributed by atoms with Crippen LogP contribution < -0.4 is 14.8 Å². The average molecular weight is 337 g/mol. The van der Waals surface area contributed by atoms with E-state index in [1.165, 1.54) is 11.1 Å². The summed E-state index contributed by atoms with van der Waals surface area (Å²) in [6.45, 7) is 1.84. The van der Waals surface area contributed by atoms with Crippen molar-refractivity contribution < 1.29 is 14.8 Å². The Morgan fingerprint density at radius 3 is 1.95 bits per heavy atom. The normalized spacial score (nSPS) is 10.3. The van der Waals surface area contributed by atoms with Gasteiger partial charge in [-0.2, -0.15) is 0 Å². The minimum atomic E-state index is 0.830. The zero-order valence-electron chi connectivity index (χ0n) is 11.7. The standard InChI is InChI=1S/C16H18BrNO2/c1-19-15-7-13(8-16(9-15)20-2)11-18-10-12-3-5-14(17)6-4-12/h3-9,18H,10-11H2,1-2H3/p+1. The van der Waals surface area contributed by atoms with E-state index >= 15 is 0 Å². The van der Waals surface area contributed by atoms with Crippen LogP contribution in [0.25, 0.3) is 0 Å². The van der Waals surface area contributed by atoms with Gasteiger partial charge in [-0.25, -0.2) is 0 Å². The molecule has 0 amide bonds. The molecule has 0 aliphatic heterocycles. The van der Waals surface area contributed by atoms with E-state index in [2.05, 4.69) is 45.5 Å². The molecule has 0 heterocycles. The summed E-state index contributed by atoms with van der Waals surface area (Å²) in [6.07, 6.45) is 0. The molecule has 2 aromatic rings. The number of quaternary nitrogens is 1. The first-order valence-electron chi connectivity index (χ1n) is 6.49. The van der Waals surface area contributed by atoms with E-state index in [1.807, 2.05) is 18.2 Å². The van der Waals surface area contributed by atoms with Gasteiger partial charge in [0.25, 0.3) is 0 Å². The van der Waals surface area contributed by atoms with Crippen LogP contribution in [0.3, 0.4) is 0 Å². The summed E-state index contributed by atoms with van der Waals surface area (Å²) in [7, 11) is 3.34. The van der Waals surface area contributed by atoms with Crippen molar-refractivity contribution in [1.82, 2.24) is 0 Å². The SMILES string of the molecule is COc1cc(C[NH2+]Cc2ccc(Br)cc2)cc(OC)c1. The third kappa shape index (κ3) is 4.25. The molecule has 0 spiro atoms. The van der Waals surface area contributed by atoms with Gasteiger partial charge in [0.2, 0.25) is 0 Å². The molecule has 0 atom stereocenters. The van der Waals surface area contributed by atoms with Crippen molar-refractivity contribution >= 4 is 15.9 Å². The predicted octanol–water partition coefficient (Wildman–Crippen LogP) is 2.73. The summed E-state index contributed by atoms with van der Waals surface area (Å²) < 4.78 is 11.7. The lowest BCUT2D eigenvalue weighted by Crippen LogP contribution is -2.80. The third-order valence-corrected chi connectivity index (χ3v) is 3.61. The van der Waals surface area contributed by atoms with Gasteiger partial charge >= 0.3 is 0 Å². The lowest BCUT2D eigenvalue weighted by Gasteiger charge is -2.08. The minimum absolute atomic E-state index is 0.830. The van der Waals surface area contributed by atoms with Crippen molar-refractivity contribution in [2.45, 2.75) is 13.1 Å². The Bertz CT molecular complexity index is 533. The van der Waals surface area contributed by atoms with Crippen LogP contribution in [0.5, 0.6) is 11.5 Å². The molecule has 0 fully saturated rings. The Kier molecular flexibility index (Phi) is 5.44. The van der Waals surface area contributed by atoms with Gasteiger partial charge in [0.1, 0.15) is 24.6 Å². The molecule has 0 saturated carbocycles. The zero-order valence-corrected chi connectivity index (χ0v) is 13.3. The number of ether oxygens (including phenoxy) is 2. The number of nitrogens with two attached hydrogens (primary N) is 1. The summed E-state index contributed by atoms with van der Waals surface area (Å²) >= 11 is 3.44. The third-order valence-electron chi connectivity index (χ3n) is 3.08. The Hall–Kier alpha value is -1.52. The molecule has 106 valence electrons. The van der Waals surface area contributed by atoms with Gasteiger partial charge in [0, 0.05) is 21.7 Å². The van der Waals surface area contributed by atoms with Crippen molar-refractivity contribution in [3.63, 3.8) is 0 Å². The van der Waals surface area contributed by atoms with E-state index in [0.717, 1.165) is 29.1 Å². The molecule has 0 aliphatic carbocycles. The molecule has 2 rings (SSSR count). The van der Waals surface area contributed by atoms with Crippen LogP contribution in [-0.4, -0.2) is 14.2 Å². The van der Waals surface area contributed by atoms with E-state index in [-0.39, 0.29) is 0 Å². The second kappa shape index (κ2) is 7.31. The van der Waals surface area contributed by atoms with E-state index < -0.39 is 0 Å². The van der Waals surface area contributed by atoms with E-state index in [9.17, 15) is 0 Å². The van der Waals surface area contributed by atoms with Gasteiger partial charge in [-0.1, -0.05) is 28.1 Å². The van der Waals surface area contributed by atoms with Gasteiger partial charge in [-0.05, 0) is 24.3 Å². The molecule has 20 heavy (non-hydrogen) atoms. The van der Waals surface area contributed by atoms with Gasteiger partial charge < -0.3 is 14.8 Å². The molecule has 0 saturated heterocycles. The summed E-state index contributed by atoms with van der Waals surface area (Å²) in [5.41, 5.74) is 2.50. The van der Waals surface area contributed by atoms with Crippen molar-refractivity contribution in [3.05, 3.63) is 58.1 Å². The van der Waals surface area contributed by atoms with Gasteiger partial charge in [-0.3, -0.25) is 0 Å². The van der Waals surface area contributed by atoms with Crippen molar-refractivity contribution in [2.75, 3.05) is 14.2 Å². The quantitative estimate of drug-likeness (QED) is 0.880. The smallest absolute Gasteiger partial charge is 0.123 e. The summed E-state index contributed by atoms with van der Waals surface area (Å²) in [6, 6.07) is 14.4. The lowest BCUT2D eigenvalue weighted by molar-refractivity contribution is -0.686. The van der Waals surface area contributed by atoms with Gasteiger partial charge in [0.15, 0.2) is 0 Å². The van der Waals surface area contributed by atoms with Crippen LogP contribution in [0.1, 0.15) is 11.1 Å². The minimum Gasteiger partial charge on any atom is -0.497 e. The highest BCUT2D eigenvalue weighted by Gasteiger charge is 2.04. The van der Waals surface area contributed by atoms with Crippen molar-refractivity contribution in [3.8, 4) is 11.5 Å². The second-order valence-electron chi connectivity index (χ2n) is 4.54. The summed E-state index contributed by atoms with van der Waals surface area (Å²) in [5, 5.41) is 2.26. The average Bonchev–Trinajstić information content (AvgIpc) is 2.49. The maximum atomic E-state index is 5.28. The van der Waals surface area contributed by atoms with Crippen LogP contribution in [0, 0.1) is 0 Å². The molecule has 4 heteroatoms.